The maximum Gasteiger partial charge on any atom is 0.228 e. The van der Waals surface area contributed by atoms with Crippen molar-refractivity contribution in [3.63, 3.8) is 0 Å². The van der Waals surface area contributed by atoms with Gasteiger partial charge in [0.15, 0.2) is 11.8 Å². The molecule has 0 aliphatic carbocycles. The molecule has 0 atom stereocenters. The van der Waals surface area contributed by atoms with Crippen LogP contribution in [0.5, 0.6) is 0 Å². The van der Waals surface area contributed by atoms with Gasteiger partial charge in [-0.25, -0.2) is 4.98 Å². The second-order valence-electron chi connectivity index (χ2n) is 5.70. The van der Waals surface area contributed by atoms with Crippen molar-refractivity contribution in [1.82, 2.24) is 25.8 Å². The molecular formula is C16H26N6OS. The minimum Gasteiger partial charge on any atom is -0.356 e. The average molecular weight is 350 g/mol. The van der Waals surface area contributed by atoms with Gasteiger partial charge in [-0.05, 0) is 6.42 Å². The Hall–Kier alpha value is -1.96. The lowest BCUT2D eigenvalue weighted by atomic mass is 10.2. The first-order chi connectivity index (χ1) is 11.6. The van der Waals surface area contributed by atoms with Crippen molar-refractivity contribution in [2.75, 3.05) is 20.1 Å². The van der Waals surface area contributed by atoms with Crippen LogP contribution in [0.4, 0.5) is 0 Å². The van der Waals surface area contributed by atoms with Crippen molar-refractivity contribution in [3.05, 3.63) is 27.8 Å². The van der Waals surface area contributed by atoms with Crippen molar-refractivity contribution in [2.24, 2.45) is 4.99 Å². The SMILES string of the molecule is CCc1cnc(CCNC(=NC)NCCc2nc(C(C)C)no2)s1. The van der Waals surface area contributed by atoms with Crippen LogP contribution in [0.1, 0.15) is 48.3 Å². The van der Waals surface area contributed by atoms with Gasteiger partial charge in [-0.1, -0.05) is 25.9 Å². The number of hydrogen-bond donors (Lipinski definition) is 2. The molecule has 2 aromatic rings. The molecule has 8 heteroatoms. The molecule has 2 rings (SSSR count). The predicted molar refractivity (Wildman–Crippen MR) is 96.7 cm³/mol. The van der Waals surface area contributed by atoms with E-state index in [2.05, 4.69) is 37.7 Å². The lowest BCUT2D eigenvalue weighted by molar-refractivity contribution is 0.371. The predicted octanol–water partition coefficient (Wildman–Crippen LogP) is 2.16. The number of aryl methyl sites for hydroxylation is 1. The van der Waals surface area contributed by atoms with Crippen molar-refractivity contribution in [3.8, 4) is 0 Å². The molecular weight excluding hydrogens is 324 g/mol. The Bertz CT molecular complexity index is 649. The van der Waals surface area contributed by atoms with Crippen molar-refractivity contribution >= 4 is 17.3 Å². The van der Waals surface area contributed by atoms with Gasteiger partial charge >= 0.3 is 0 Å². The molecule has 0 amide bonds. The van der Waals surface area contributed by atoms with Crippen LogP contribution < -0.4 is 10.6 Å². The fourth-order valence-electron chi connectivity index (χ4n) is 2.03. The number of thiazole rings is 1. The zero-order valence-electron chi connectivity index (χ0n) is 14.8. The van der Waals surface area contributed by atoms with Crippen molar-refractivity contribution < 1.29 is 4.52 Å². The third-order valence-corrected chi connectivity index (χ3v) is 4.64. The third-order valence-electron chi connectivity index (χ3n) is 3.44. The highest BCUT2D eigenvalue weighted by Crippen LogP contribution is 2.13. The zero-order chi connectivity index (χ0) is 17.4. The number of nitrogens with one attached hydrogen (secondary N) is 2. The summed E-state index contributed by atoms with van der Waals surface area (Å²) in [7, 11) is 1.76. The molecule has 0 spiro atoms. The molecule has 2 aromatic heterocycles. The third kappa shape index (κ3) is 5.59. The summed E-state index contributed by atoms with van der Waals surface area (Å²) < 4.78 is 5.23. The molecule has 132 valence electrons. The average Bonchev–Trinajstić information content (AvgIpc) is 3.22. The Labute approximate surface area is 147 Å². The number of hydrogen-bond acceptors (Lipinski definition) is 6. The molecule has 7 nitrogen and oxygen atoms in total. The van der Waals surface area contributed by atoms with Crippen LogP contribution in [0, 0.1) is 0 Å². The van der Waals surface area contributed by atoms with Gasteiger partial charge in [-0.2, -0.15) is 4.98 Å². The standard InChI is InChI=1S/C16H26N6OS/c1-5-12-10-20-14(24-12)7-9-19-16(17-4)18-8-6-13-21-15(11(2)3)22-23-13/h10-11H,5-9H2,1-4H3,(H2,17,18,19). The molecule has 0 radical (unpaired) electrons. The molecule has 24 heavy (non-hydrogen) atoms. The van der Waals surface area contributed by atoms with Gasteiger partial charge in [0.2, 0.25) is 5.89 Å². The van der Waals surface area contributed by atoms with E-state index in [0.29, 0.717) is 18.9 Å². The minimum atomic E-state index is 0.281. The molecule has 0 saturated heterocycles. The molecule has 0 aliphatic heterocycles. The summed E-state index contributed by atoms with van der Waals surface area (Å²) in [6, 6.07) is 0. The highest BCUT2D eigenvalue weighted by atomic mass is 32.1. The number of aromatic nitrogens is 3. The molecule has 2 heterocycles. The summed E-state index contributed by atoms with van der Waals surface area (Å²) in [5.74, 6) is 2.45. The van der Waals surface area contributed by atoms with Crippen molar-refractivity contribution in [1.29, 1.82) is 0 Å². The van der Waals surface area contributed by atoms with E-state index in [0.717, 1.165) is 36.2 Å². The number of aliphatic imine (C=N–C) groups is 1. The fraction of sp³-hybridized carbons (Fsp3) is 0.625. The molecule has 0 bridgehead atoms. The second-order valence-corrected chi connectivity index (χ2v) is 6.90. The quantitative estimate of drug-likeness (QED) is 0.560. The highest BCUT2D eigenvalue weighted by molar-refractivity contribution is 7.11. The van der Waals surface area contributed by atoms with Gasteiger partial charge in [-0.3, -0.25) is 4.99 Å². The summed E-state index contributed by atoms with van der Waals surface area (Å²) >= 11 is 1.77. The van der Waals surface area contributed by atoms with Gasteiger partial charge in [0.25, 0.3) is 0 Å². The first-order valence-corrected chi connectivity index (χ1v) is 9.14. The van der Waals surface area contributed by atoms with Gasteiger partial charge in [0.05, 0.1) is 5.01 Å². The minimum absolute atomic E-state index is 0.281. The maximum absolute atomic E-state index is 5.23. The molecule has 0 unspecified atom stereocenters. The van der Waals surface area contributed by atoms with E-state index >= 15 is 0 Å². The van der Waals surface area contributed by atoms with Crippen LogP contribution in [-0.2, 0) is 19.3 Å². The molecule has 0 aliphatic rings. The van der Waals surface area contributed by atoms with Gasteiger partial charge in [0.1, 0.15) is 0 Å². The Kier molecular flexibility index (Phi) is 7.17. The number of rotatable bonds is 8. The van der Waals surface area contributed by atoms with Gasteiger partial charge in [0, 0.05) is 50.0 Å². The lowest BCUT2D eigenvalue weighted by Crippen LogP contribution is -2.39. The zero-order valence-corrected chi connectivity index (χ0v) is 15.6. The fourth-order valence-corrected chi connectivity index (χ4v) is 2.89. The molecule has 0 aromatic carbocycles. The number of nitrogens with zero attached hydrogens (tertiary/aromatic N) is 4. The topological polar surface area (TPSA) is 88.2 Å². The van der Waals surface area contributed by atoms with Crippen LogP contribution in [-0.4, -0.2) is 41.2 Å². The molecule has 0 saturated carbocycles. The monoisotopic (exact) mass is 350 g/mol. The van der Waals surface area contributed by atoms with E-state index in [1.165, 1.54) is 4.88 Å². The van der Waals surface area contributed by atoms with Crippen LogP contribution in [0.2, 0.25) is 0 Å². The second kappa shape index (κ2) is 9.36. The summed E-state index contributed by atoms with van der Waals surface area (Å²) in [5, 5.41) is 11.7. The summed E-state index contributed by atoms with van der Waals surface area (Å²) in [6.07, 6.45) is 4.57. The summed E-state index contributed by atoms with van der Waals surface area (Å²) in [5.41, 5.74) is 0. The summed E-state index contributed by atoms with van der Waals surface area (Å²) in [6.45, 7) is 7.73. The van der Waals surface area contributed by atoms with Crippen LogP contribution in [0.3, 0.4) is 0 Å². The van der Waals surface area contributed by atoms with Gasteiger partial charge < -0.3 is 15.2 Å². The van der Waals surface area contributed by atoms with Crippen molar-refractivity contribution in [2.45, 2.75) is 46.0 Å². The number of guanidine groups is 1. The van der Waals surface area contributed by atoms with Crippen LogP contribution >= 0.6 is 11.3 Å². The van der Waals surface area contributed by atoms with E-state index < -0.39 is 0 Å². The normalized spacial score (nSPS) is 12.0. The first-order valence-electron chi connectivity index (χ1n) is 8.33. The van der Waals surface area contributed by atoms with E-state index in [1.54, 1.807) is 18.4 Å². The van der Waals surface area contributed by atoms with Crippen LogP contribution in [0.15, 0.2) is 15.7 Å². The molecule has 2 N–H and O–H groups in total. The highest BCUT2D eigenvalue weighted by Gasteiger charge is 2.09. The summed E-state index contributed by atoms with van der Waals surface area (Å²) in [4.78, 5) is 14.3. The van der Waals surface area contributed by atoms with E-state index in [4.69, 9.17) is 4.52 Å². The Balaban J connectivity index is 1.68. The Morgan fingerprint density at radius 1 is 1.29 bits per heavy atom. The van der Waals surface area contributed by atoms with E-state index in [9.17, 15) is 0 Å². The van der Waals surface area contributed by atoms with Gasteiger partial charge in [-0.15, -0.1) is 11.3 Å². The Morgan fingerprint density at radius 3 is 2.62 bits per heavy atom. The Morgan fingerprint density at radius 2 is 2.04 bits per heavy atom. The van der Waals surface area contributed by atoms with Crippen LogP contribution in [0.25, 0.3) is 0 Å². The first kappa shape index (κ1) is 18.4. The largest absolute Gasteiger partial charge is 0.356 e. The lowest BCUT2D eigenvalue weighted by Gasteiger charge is -2.10. The smallest absolute Gasteiger partial charge is 0.228 e. The molecule has 0 fully saturated rings. The van der Waals surface area contributed by atoms with E-state index in [1.807, 2.05) is 20.0 Å². The maximum atomic E-state index is 5.23. The van der Waals surface area contributed by atoms with E-state index in [-0.39, 0.29) is 5.92 Å².